The first-order chi connectivity index (χ1) is 15.1. The molecule has 0 unspecified atom stereocenters. The Kier molecular flexibility index (Phi) is 5.38. The number of rotatable bonds is 4. The standard InChI is InChI=1S/C26H29N3O2/c1-27-23(17-28-12-10-19-6-2-4-8-21(19)15-28)14-25(30)26(31)24(27)18-29-13-11-20-7-3-5-9-22(20)16-29/h2-9,14,31H,10-13,15-18H2,1H3. The summed E-state index contributed by atoms with van der Waals surface area (Å²) in [5.41, 5.74) is 6.90. The van der Waals surface area contributed by atoms with Gasteiger partial charge in [0.1, 0.15) is 0 Å². The second kappa shape index (κ2) is 8.33. The summed E-state index contributed by atoms with van der Waals surface area (Å²) >= 11 is 0. The average Bonchev–Trinajstić information content (AvgIpc) is 2.80. The summed E-state index contributed by atoms with van der Waals surface area (Å²) in [6.45, 7) is 4.92. The highest BCUT2D eigenvalue weighted by molar-refractivity contribution is 5.33. The van der Waals surface area contributed by atoms with Crippen LogP contribution in [-0.4, -0.2) is 32.6 Å². The summed E-state index contributed by atoms with van der Waals surface area (Å²) in [6.07, 6.45) is 2.03. The molecule has 0 saturated carbocycles. The topological polar surface area (TPSA) is 48.7 Å². The molecule has 2 aliphatic rings. The minimum absolute atomic E-state index is 0.117. The molecule has 1 aromatic heterocycles. The number of aromatic hydroxyl groups is 1. The zero-order chi connectivity index (χ0) is 21.4. The number of nitrogens with zero attached hydrogens (tertiary/aromatic N) is 3. The van der Waals surface area contributed by atoms with Gasteiger partial charge in [-0.2, -0.15) is 0 Å². The van der Waals surface area contributed by atoms with Crippen molar-refractivity contribution >= 4 is 0 Å². The van der Waals surface area contributed by atoms with E-state index in [4.69, 9.17) is 0 Å². The molecule has 0 saturated heterocycles. The fourth-order valence-corrected chi connectivity index (χ4v) is 4.94. The Morgan fingerprint density at radius 1 is 0.806 bits per heavy atom. The van der Waals surface area contributed by atoms with Gasteiger partial charge < -0.3 is 9.67 Å². The summed E-state index contributed by atoms with van der Waals surface area (Å²) in [5, 5.41) is 10.6. The third-order valence-electron chi connectivity index (χ3n) is 6.82. The van der Waals surface area contributed by atoms with E-state index in [0.717, 1.165) is 44.7 Å². The van der Waals surface area contributed by atoms with Gasteiger partial charge in [0.2, 0.25) is 5.43 Å². The van der Waals surface area contributed by atoms with Gasteiger partial charge >= 0.3 is 0 Å². The number of fused-ring (bicyclic) bond motifs is 2. The van der Waals surface area contributed by atoms with Crippen LogP contribution in [0.5, 0.6) is 5.75 Å². The molecule has 2 aromatic carbocycles. The zero-order valence-corrected chi connectivity index (χ0v) is 18.1. The average molecular weight is 416 g/mol. The Hall–Kier alpha value is -2.89. The van der Waals surface area contributed by atoms with Gasteiger partial charge in [-0.25, -0.2) is 0 Å². The molecule has 31 heavy (non-hydrogen) atoms. The van der Waals surface area contributed by atoms with E-state index >= 15 is 0 Å². The van der Waals surface area contributed by atoms with E-state index in [1.165, 1.54) is 22.3 Å². The van der Waals surface area contributed by atoms with E-state index < -0.39 is 0 Å². The molecule has 0 bridgehead atoms. The van der Waals surface area contributed by atoms with Crippen LogP contribution >= 0.6 is 0 Å². The lowest BCUT2D eigenvalue weighted by Crippen LogP contribution is -2.34. The molecule has 2 aliphatic heterocycles. The van der Waals surface area contributed by atoms with Gasteiger partial charge in [-0.05, 0) is 35.1 Å². The number of benzene rings is 2. The lowest BCUT2D eigenvalue weighted by atomic mass is 9.99. The fourth-order valence-electron chi connectivity index (χ4n) is 4.94. The number of aromatic nitrogens is 1. The molecule has 5 heteroatoms. The third-order valence-corrected chi connectivity index (χ3v) is 6.82. The molecule has 5 rings (SSSR count). The summed E-state index contributed by atoms with van der Waals surface area (Å²) in [4.78, 5) is 17.3. The van der Waals surface area contributed by atoms with Crippen molar-refractivity contribution in [3.05, 3.63) is 98.5 Å². The molecule has 0 atom stereocenters. The number of hydrogen-bond donors (Lipinski definition) is 1. The van der Waals surface area contributed by atoms with Crippen molar-refractivity contribution in [2.45, 2.75) is 39.0 Å². The van der Waals surface area contributed by atoms with E-state index in [-0.39, 0.29) is 11.2 Å². The first-order valence-electron chi connectivity index (χ1n) is 11.1. The van der Waals surface area contributed by atoms with Crippen LogP contribution in [0.4, 0.5) is 0 Å². The molecule has 0 fully saturated rings. The van der Waals surface area contributed by atoms with E-state index in [9.17, 15) is 9.90 Å². The van der Waals surface area contributed by atoms with Gasteiger partial charge in [-0.1, -0.05) is 48.5 Å². The minimum Gasteiger partial charge on any atom is -0.503 e. The van der Waals surface area contributed by atoms with Crippen LogP contribution in [-0.2, 0) is 46.1 Å². The van der Waals surface area contributed by atoms with Crippen LogP contribution in [0, 0.1) is 0 Å². The summed E-state index contributed by atoms with van der Waals surface area (Å²) in [7, 11) is 1.97. The molecule has 0 aliphatic carbocycles. The van der Waals surface area contributed by atoms with Crippen LogP contribution in [0.2, 0.25) is 0 Å². The van der Waals surface area contributed by atoms with Crippen LogP contribution in [0.25, 0.3) is 0 Å². The fraction of sp³-hybridized carbons (Fsp3) is 0.346. The van der Waals surface area contributed by atoms with Gasteiger partial charge in [0.25, 0.3) is 0 Å². The van der Waals surface area contributed by atoms with Crippen molar-refractivity contribution in [1.29, 1.82) is 0 Å². The maximum absolute atomic E-state index is 12.6. The molecular weight excluding hydrogens is 386 g/mol. The van der Waals surface area contributed by atoms with Crippen LogP contribution in [0.15, 0.2) is 59.4 Å². The third kappa shape index (κ3) is 4.03. The van der Waals surface area contributed by atoms with Gasteiger partial charge in [0.05, 0.1) is 5.69 Å². The first kappa shape index (κ1) is 20.0. The molecule has 1 N–H and O–H groups in total. The van der Waals surface area contributed by atoms with Crippen LogP contribution in [0.3, 0.4) is 0 Å². The lowest BCUT2D eigenvalue weighted by Gasteiger charge is -2.31. The minimum atomic E-state index is -0.280. The smallest absolute Gasteiger partial charge is 0.223 e. The summed E-state index contributed by atoms with van der Waals surface area (Å²) in [5.74, 6) is -0.117. The van der Waals surface area contributed by atoms with Gasteiger partial charge in [0, 0.05) is 58.1 Å². The molecule has 5 nitrogen and oxygen atoms in total. The summed E-state index contributed by atoms with van der Waals surface area (Å²) < 4.78 is 2.03. The maximum atomic E-state index is 12.6. The van der Waals surface area contributed by atoms with Crippen molar-refractivity contribution in [2.75, 3.05) is 13.1 Å². The van der Waals surface area contributed by atoms with Crippen molar-refractivity contribution < 1.29 is 5.11 Å². The number of pyridine rings is 1. The van der Waals surface area contributed by atoms with Crippen molar-refractivity contribution in [3.8, 4) is 5.75 Å². The second-order valence-corrected chi connectivity index (χ2v) is 8.81. The van der Waals surface area contributed by atoms with Crippen LogP contribution in [0.1, 0.15) is 33.6 Å². The van der Waals surface area contributed by atoms with E-state index in [2.05, 4.69) is 58.3 Å². The molecule has 0 spiro atoms. The quantitative estimate of drug-likeness (QED) is 0.711. The van der Waals surface area contributed by atoms with Gasteiger partial charge in [-0.3, -0.25) is 14.6 Å². The Labute approximate surface area is 183 Å². The largest absolute Gasteiger partial charge is 0.503 e. The van der Waals surface area contributed by atoms with Crippen molar-refractivity contribution in [1.82, 2.24) is 14.4 Å². The zero-order valence-electron chi connectivity index (χ0n) is 18.1. The van der Waals surface area contributed by atoms with E-state index in [1.54, 1.807) is 6.07 Å². The molecule has 0 radical (unpaired) electrons. The van der Waals surface area contributed by atoms with E-state index in [1.807, 2.05) is 11.6 Å². The Balaban J connectivity index is 1.37. The Morgan fingerprint density at radius 3 is 1.90 bits per heavy atom. The van der Waals surface area contributed by atoms with Crippen molar-refractivity contribution in [3.63, 3.8) is 0 Å². The highest BCUT2D eigenvalue weighted by atomic mass is 16.3. The van der Waals surface area contributed by atoms with Crippen molar-refractivity contribution in [2.24, 2.45) is 7.05 Å². The normalized spacial score (nSPS) is 16.7. The Bertz CT molecular complexity index is 1170. The molecular formula is C26H29N3O2. The highest BCUT2D eigenvalue weighted by Crippen LogP contribution is 2.24. The SMILES string of the molecule is Cn1c(CN2CCc3ccccc3C2)cc(=O)c(O)c1CN1CCc2ccccc2C1. The number of hydrogen-bond acceptors (Lipinski definition) is 4. The predicted molar refractivity (Wildman–Crippen MR) is 122 cm³/mol. The Morgan fingerprint density at radius 2 is 1.32 bits per heavy atom. The first-order valence-corrected chi connectivity index (χ1v) is 11.1. The van der Waals surface area contributed by atoms with Gasteiger partial charge in [-0.15, -0.1) is 0 Å². The molecule has 160 valence electrons. The van der Waals surface area contributed by atoms with Gasteiger partial charge in [0.15, 0.2) is 5.75 Å². The summed E-state index contributed by atoms with van der Waals surface area (Å²) in [6, 6.07) is 18.7. The van der Waals surface area contributed by atoms with E-state index in [0.29, 0.717) is 18.8 Å². The molecule has 3 aromatic rings. The highest BCUT2D eigenvalue weighted by Gasteiger charge is 2.22. The van der Waals surface area contributed by atoms with Crippen LogP contribution < -0.4 is 5.43 Å². The second-order valence-electron chi connectivity index (χ2n) is 8.81. The molecule has 3 heterocycles. The maximum Gasteiger partial charge on any atom is 0.223 e. The molecule has 0 amide bonds. The lowest BCUT2D eigenvalue weighted by molar-refractivity contribution is 0.226. The monoisotopic (exact) mass is 415 g/mol. The predicted octanol–water partition coefficient (Wildman–Crippen LogP) is 3.21.